The highest BCUT2D eigenvalue weighted by atomic mass is 127. The van der Waals surface area contributed by atoms with Crippen molar-refractivity contribution in [3.8, 4) is 11.5 Å². The van der Waals surface area contributed by atoms with Gasteiger partial charge < -0.3 is 9.84 Å². The smallest absolute Gasteiger partial charge is 0.460 e. The van der Waals surface area contributed by atoms with Crippen molar-refractivity contribution in [1.29, 1.82) is 0 Å². The van der Waals surface area contributed by atoms with E-state index in [9.17, 15) is 84.1 Å². The van der Waals surface area contributed by atoms with Gasteiger partial charge in [0.05, 0.1) is 6.61 Å². The van der Waals surface area contributed by atoms with Crippen molar-refractivity contribution in [2.24, 2.45) is 0 Å². The number of ether oxygens (including phenoxy) is 1. The molecule has 2 nitrogen and oxygen atoms in total. The Hall–Kier alpha value is -2.49. The predicted octanol–water partition coefficient (Wildman–Crippen LogP) is 12.6. The van der Waals surface area contributed by atoms with E-state index in [-0.39, 0.29) is 4.43 Å². The number of alkyl halides is 19. The molecule has 0 saturated heterocycles. The van der Waals surface area contributed by atoms with Crippen LogP contribution < -0.4 is 4.74 Å². The van der Waals surface area contributed by atoms with Crippen molar-refractivity contribution < 1.29 is 88.9 Å². The van der Waals surface area contributed by atoms with Crippen molar-refractivity contribution in [2.45, 2.75) is 101 Å². The molecule has 0 aliphatic rings. The Bertz CT molecular complexity index is 1350. The van der Waals surface area contributed by atoms with Gasteiger partial charge >= 0.3 is 47.9 Å². The minimum Gasteiger partial charge on any atom is -0.507 e. The number of phenolic OH excluding ortho intramolecular Hbond substituents is 1. The van der Waals surface area contributed by atoms with Gasteiger partial charge in [0.25, 0.3) is 0 Å². The summed E-state index contributed by atoms with van der Waals surface area (Å²) in [6.07, 6.45) is -18.6. The highest BCUT2D eigenvalue weighted by Crippen LogP contribution is 2.55. The van der Waals surface area contributed by atoms with Crippen LogP contribution in [0.1, 0.15) is 47.9 Å². The second-order valence-electron chi connectivity index (χ2n) is 10.9. The molecule has 21 heteroatoms. The number of hydrogen-bond acceptors (Lipinski definition) is 2. The molecule has 0 saturated carbocycles. The average molecular weight is 892 g/mol. The number of benzene rings is 2. The summed E-state index contributed by atoms with van der Waals surface area (Å²) >= 11 is 1.50. The fourth-order valence-corrected chi connectivity index (χ4v) is 4.10. The zero-order valence-electron chi connectivity index (χ0n) is 26.7. The van der Waals surface area contributed by atoms with Crippen LogP contribution in [0, 0.1) is 27.7 Å². The van der Waals surface area contributed by atoms with Gasteiger partial charge in [0.15, 0.2) is 0 Å². The number of halogens is 19. The molecule has 0 aromatic heterocycles. The maximum Gasteiger partial charge on any atom is 0.460 e. The minimum absolute atomic E-state index is 0.0684. The average Bonchev–Trinajstić information content (AvgIpc) is 2.97. The Morgan fingerprint density at radius 2 is 0.824 bits per heavy atom. The van der Waals surface area contributed by atoms with Crippen LogP contribution >= 0.6 is 22.6 Å². The zero-order chi connectivity index (χ0) is 40.7. The Kier molecular flexibility index (Phi) is 16.7. The molecule has 2 rings (SSSR count). The second-order valence-corrected chi connectivity index (χ2v) is 12.0. The molecule has 0 unspecified atom stereocenters. The van der Waals surface area contributed by atoms with Crippen LogP contribution in [0.2, 0.25) is 0 Å². The molecule has 0 spiro atoms. The van der Waals surface area contributed by atoms with Gasteiger partial charge in [-0.15, -0.1) is 0 Å². The predicted molar refractivity (Wildman–Crippen MR) is 158 cm³/mol. The summed E-state index contributed by atoms with van der Waals surface area (Å²) in [7, 11) is 0. The van der Waals surface area contributed by atoms with Crippen molar-refractivity contribution in [2.75, 3.05) is 11.0 Å². The zero-order valence-corrected chi connectivity index (χ0v) is 28.9. The van der Waals surface area contributed by atoms with Crippen LogP contribution in [0.3, 0.4) is 0 Å². The molecule has 0 radical (unpaired) electrons. The normalized spacial score (nSPS) is 13.5. The van der Waals surface area contributed by atoms with Crippen molar-refractivity contribution in [1.82, 2.24) is 0 Å². The highest BCUT2D eigenvalue weighted by Gasteiger charge is 2.82. The number of hydrogen-bond donors (Lipinski definition) is 1. The van der Waals surface area contributed by atoms with Gasteiger partial charge in [0, 0.05) is 12.8 Å². The Morgan fingerprint density at radius 3 is 1.12 bits per heavy atom. The van der Waals surface area contributed by atoms with Crippen LogP contribution in [0.15, 0.2) is 36.4 Å². The Balaban J connectivity index is 0.000000823. The molecule has 0 fully saturated rings. The van der Waals surface area contributed by atoms with Gasteiger partial charge in [-0.3, -0.25) is 0 Å². The van der Waals surface area contributed by atoms with Crippen LogP contribution in [-0.4, -0.2) is 64.0 Å². The quantitative estimate of drug-likeness (QED) is 0.0996. The first-order valence-electron chi connectivity index (χ1n) is 14.1. The van der Waals surface area contributed by atoms with Gasteiger partial charge in [-0.25, -0.2) is 0 Å². The molecule has 296 valence electrons. The van der Waals surface area contributed by atoms with Crippen molar-refractivity contribution >= 4 is 22.6 Å². The van der Waals surface area contributed by atoms with Crippen molar-refractivity contribution in [3.63, 3.8) is 0 Å². The first-order valence-corrected chi connectivity index (χ1v) is 15.6. The van der Waals surface area contributed by atoms with Gasteiger partial charge in [0.1, 0.15) is 11.5 Å². The monoisotopic (exact) mass is 892 g/mol. The standard InChI is InChI=1S/C15H15F9O.C8H10O.C7H6F9I/c1-9-5-3-6-10(2)11(9)25-8-4-7-12(16,17)13(18,19)14(20,21)15(22,23)24;1-6-4-3-5-7(2)8(6)9;8-4(9,2-1-3-17)5(10,11)6(12,13)7(14,15)16/h3,5-6H,4,7-8H2,1-2H3;3-5,9H,1-2H3;1-3H2. The van der Waals surface area contributed by atoms with E-state index in [1.165, 1.54) is 22.6 Å². The summed E-state index contributed by atoms with van der Waals surface area (Å²) < 4.78 is 229. The summed E-state index contributed by atoms with van der Waals surface area (Å²) in [5, 5.41) is 9.21. The van der Waals surface area contributed by atoms with E-state index in [2.05, 4.69) is 0 Å². The summed E-state index contributed by atoms with van der Waals surface area (Å²) in [6.45, 7) is 6.50. The third kappa shape index (κ3) is 11.5. The summed E-state index contributed by atoms with van der Waals surface area (Å²) in [5.41, 5.74) is 3.13. The first-order chi connectivity index (χ1) is 22.7. The van der Waals surface area contributed by atoms with Gasteiger partial charge in [0.2, 0.25) is 0 Å². The number of aromatic hydroxyl groups is 1. The third-order valence-electron chi connectivity index (χ3n) is 6.77. The number of phenols is 1. The Morgan fingerprint density at radius 1 is 0.510 bits per heavy atom. The number of aryl methyl sites for hydroxylation is 4. The molecule has 0 aliphatic heterocycles. The largest absolute Gasteiger partial charge is 0.507 e. The first kappa shape index (κ1) is 48.5. The minimum atomic E-state index is -6.85. The number of para-hydroxylation sites is 2. The van der Waals surface area contributed by atoms with Gasteiger partial charge in [-0.2, -0.15) is 79.0 Å². The summed E-state index contributed by atoms with van der Waals surface area (Å²) in [5.74, 6) is -36.9. The lowest BCUT2D eigenvalue weighted by atomic mass is 10.00. The topological polar surface area (TPSA) is 29.5 Å². The lowest BCUT2D eigenvalue weighted by Gasteiger charge is -2.33. The molecule has 0 atom stereocenters. The van der Waals surface area contributed by atoms with E-state index >= 15 is 0 Å². The molecule has 0 heterocycles. The molecule has 0 bridgehead atoms. The Labute approximate surface area is 293 Å². The van der Waals surface area contributed by atoms with Crippen LogP contribution in [-0.2, 0) is 0 Å². The molecule has 51 heavy (non-hydrogen) atoms. The molecular weight excluding hydrogens is 861 g/mol. The highest BCUT2D eigenvalue weighted by molar-refractivity contribution is 14.1. The maximum absolute atomic E-state index is 13.3. The van der Waals surface area contributed by atoms with Crippen LogP contribution in [0.4, 0.5) is 79.0 Å². The van der Waals surface area contributed by atoms with E-state index in [0.29, 0.717) is 22.6 Å². The second kappa shape index (κ2) is 17.6. The fourth-order valence-electron chi connectivity index (χ4n) is 3.72. The molecule has 2 aromatic carbocycles. The summed E-state index contributed by atoms with van der Waals surface area (Å²) in [6, 6.07) is 10.7. The molecule has 0 aliphatic carbocycles. The van der Waals surface area contributed by atoms with Crippen LogP contribution in [0.5, 0.6) is 11.5 Å². The third-order valence-corrected chi connectivity index (χ3v) is 7.54. The molecule has 0 amide bonds. The van der Waals surface area contributed by atoms with E-state index in [1.807, 2.05) is 32.0 Å². The van der Waals surface area contributed by atoms with E-state index < -0.39 is 80.2 Å². The lowest BCUT2D eigenvalue weighted by Crippen LogP contribution is -2.60. The van der Waals surface area contributed by atoms with Gasteiger partial charge in [-0.1, -0.05) is 59.0 Å². The van der Waals surface area contributed by atoms with Crippen LogP contribution in [0.25, 0.3) is 0 Å². The number of rotatable bonds is 12. The molecule has 2 aromatic rings. The van der Waals surface area contributed by atoms with E-state index in [4.69, 9.17) is 4.74 Å². The lowest BCUT2D eigenvalue weighted by molar-refractivity contribution is -0.396. The van der Waals surface area contributed by atoms with E-state index in [1.54, 1.807) is 32.0 Å². The van der Waals surface area contributed by atoms with E-state index in [0.717, 1.165) is 11.1 Å². The van der Waals surface area contributed by atoms with Crippen molar-refractivity contribution in [3.05, 3.63) is 58.7 Å². The van der Waals surface area contributed by atoms with Gasteiger partial charge in [-0.05, 0) is 67.2 Å². The molecular formula is C30H31F18IO2. The summed E-state index contributed by atoms with van der Waals surface area (Å²) in [4.78, 5) is 0. The SMILES string of the molecule is Cc1cccc(C)c1O.Cc1cccc(C)c1OCCCC(F)(F)C(F)(F)C(F)(F)C(F)(F)F.FC(F)(F)C(F)(F)C(F)(F)C(F)(F)CCCI. The maximum atomic E-state index is 13.3. The molecule has 1 N–H and O–H groups in total. The fraction of sp³-hybridized carbons (Fsp3) is 0.600.